The van der Waals surface area contributed by atoms with Crippen molar-refractivity contribution in [3.63, 3.8) is 0 Å². The van der Waals surface area contributed by atoms with E-state index in [2.05, 4.69) is 22.4 Å². The molecular formula is C16H19N3O3. The molecular weight excluding hydrogens is 282 g/mol. The Morgan fingerprint density at radius 1 is 1.32 bits per heavy atom. The summed E-state index contributed by atoms with van der Waals surface area (Å²) >= 11 is 0. The molecule has 0 bridgehead atoms. The van der Waals surface area contributed by atoms with Gasteiger partial charge < -0.3 is 10.1 Å². The molecule has 1 aromatic carbocycles. The van der Waals surface area contributed by atoms with Crippen LogP contribution in [0.1, 0.15) is 35.8 Å². The van der Waals surface area contributed by atoms with Crippen LogP contribution in [0.15, 0.2) is 41.2 Å². The van der Waals surface area contributed by atoms with Crippen LogP contribution in [0.5, 0.6) is 5.75 Å². The number of unbranched alkanes of at least 4 members (excludes halogenated alkanes) is 1. The first-order valence-electron chi connectivity index (χ1n) is 7.24. The number of hydrogen-bond donors (Lipinski definition) is 2. The fourth-order valence-electron chi connectivity index (χ4n) is 1.82. The number of benzene rings is 1. The van der Waals surface area contributed by atoms with Crippen molar-refractivity contribution in [3.8, 4) is 5.75 Å². The van der Waals surface area contributed by atoms with E-state index >= 15 is 0 Å². The van der Waals surface area contributed by atoms with Gasteiger partial charge in [-0.2, -0.15) is 5.10 Å². The van der Waals surface area contributed by atoms with Gasteiger partial charge in [0.15, 0.2) is 0 Å². The van der Waals surface area contributed by atoms with E-state index in [9.17, 15) is 9.59 Å². The predicted molar refractivity (Wildman–Crippen MR) is 82.9 cm³/mol. The maximum atomic E-state index is 11.9. The normalized spacial score (nSPS) is 10.2. The lowest BCUT2D eigenvalue weighted by atomic mass is 10.2. The van der Waals surface area contributed by atoms with E-state index in [1.165, 1.54) is 12.1 Å². The molecule has 0 radical (unpaired) electrons. The molecule has 0 aliphatic carbocycles. The van der Waals surface area contributed by atoms with Crippen LogP contribution in [0.3, 0.4) is 0 Å². The SMILES string of the molecule is CCCCOc1cccc(CNC(=O)c2ccc(=O)[nH]n2)c1. The summed E-state index contributed by atoms with van der Waals surface area (Å²) < 4.78 is 5.63. The van der Waals surface area contributed by atoms with Gasteiger partial charge in [-0.25, -0.2) is 5.10 Å². The first kappa shape index (κ1) is 15.8. The van der Waals surface area contributed by atoms with Gasteiger partial charge in [0.25, 0.3) is 11.5 Å². The van der Waals surface area contributed by atoms with Gasteiger partial charge in [-0.3, -0.25) is 9.59 Å². The number of hydrogen-bond acceptors (Lipinski definition) is 4. The average Bonchev–Trinajstić information content (AvgIpc) is 2.54. The summed E-state index contributed by atoms with van der Waals surface area (Å²) in [6, 6.07) is 10.2. The molecule has 2 rings (SSSR count). The third kappa shape index (κ3) is 4.73. The van der Waals surface area contributed by atoms with Crippen LogP contribution in [-0.2, 0) is 6.54 Å². The Labute approximate surface area is 128 Å². The minimum Gasteiger partial charge on any atom is -0.494 e. The van der Waals surface area contributed by atoms with E-state index in [0.717, 1.165) is 24.2 Å². The highest BCUT2D eigenvalue weighted by Gasteiger charge is 2.07. The van der Waals surface area contributed by atoms with Crippen molar-refractivity contribution >= 4 is 5.91 Å². The van der Waals surface area contributed by atoms with Crippen LogP contribution in [-0.4, -0.2) is 22.7 Å². The summed E-state index contributed by atoms with van der Waals surface area (Å²) in [4.78, 5) is 22.8. The first-order chi connectivity index (χ1) is 10.7. The number of rotatable bonds is 7. The average molecular weight is 301 g/mol. The Bertz CT molecular complexity index is 662. The summed E-state index contributed by atoms with van der Waals surface area (Å²) in [5, 5.41) is 8.66. The van der Waals surface area contributed by atoms with E-state index in [-0.39, 0.29) is 17.2 Å². The highest BCUT2D eigenvalue weighted by Crippen LogP contribution is 2.13. The second-order valence-corrected chi connectivity index (χ2v) is 4.84. The largest absolute Gasteiger partial charge is 0.494 e. The summed E-state index contributed by atoms with van der Waals surface area (Å²) in [6.45, 7) is 3.17. The van der Waals surface area contributed by atoms with Gasteiger partial charge >= 0.3 is 0 Å². The maximum absolute atomic E-state index is 11.9. The molecule has 1 heterocycles. The zero-order valence-corrected chi connectivity index (χ0v) is 12.5. The molecule has 116 valence electrons. The molecule has 1 aromatic heterocycles. The monoisotopic (exact) mass is 301 g/mol. The highest BCUT2D eigenvalue weighted by atomic mass is 16.5. The van der Waals surface area contributed by atoms with Crippen LogP contribution in [0.25, 0.3) is 0 Å². The number of ether oxygens (including phenoxy) is 1. The van der Waals surface area contributed by atoms with Gasteiger partial charge in [-0.05, 0) is 30.2 Å². The zero-order chi connectivity index (χ0) is 15.8. The van der Waals surface area contributed by atoms with Gasteiger partial charge in [0.1, 0.15) is 11.4 Å². The second kappa shape index (κ2) is 7.97. The van der Waals surface area contributed by atoms with E-state index in [4.69, 9.17) is 4.74 Å². The molecule has 0 atom stereocenters. The summed E-state index contributed by atoms with van der Waals surface area (Å²) in [5.74, 6) is 0.455. The highest BCUT2D eigenvalue weighted by molar-refractivity contribution is 5.91. The first-order valence-corrected chi connectivity index (χ1v) is 7.24. The molecule has 0 aliphatic heterocycles. The van der Waals surface area contributed by atoms with Gasteiger partial charge in [0, 0.05) is 12.6 Å². The molecule has 0 saturated carbocycles. The molecule has 0 saturated heterocycles. The van der Waals surface area contributed by atoms with Crippen molar-refractivity contribution < 1.29 is 9.53 Å². The number of H-pyrrole nitrogens is 1. The Morgan fingerprint density at radius 2 is 2.18 bits per heavy atom. The number of carbonyl (C=O) groups is 1. The molecule has 6 nitrogen and oxygen atoms in total. The minimum absolute atomic E-state index is 0.176. The van der Waals surface area contributed by atoms with Gasteiger partial charge in [-0.15, -0.1) is 0 Å². The van der Waals surface area contributed by atoms with Crippen molar-refractivity contribution in [2.45, 2.75) is 26.3 Å². The van der Waals surface area contributed by atoms with Crippen LogP contribution in [0.2, 0.25) is 0 Å². The summed E-state index contributed by atoms with van der Waals surface area (Å²) in [5.41, 5.74) is 0.773. The van der Waals surface area contributed by atoms with Crippen molar-refractivity contribution in [3.05, 3.63) is 58.0 Å². The number of nitrogens with one attached hydrogen (secondary N) is 2. The number of amides is 1. The summed E-state index contributed by atoms with van der Waals surface area (Å²) in [7, 11) is 0. The lowest BCUT2D eigenvalue weighted by Gasteiger charge is -2.08. The third-order valence-electron chi connectivity index (χ3n) is 3.03. The topological polar surface area (TPSA) is 84.1 Å². The Morgan fingerprint density at radius 3 is 2.91 bits per heavy atom. The number of aromatic nitrogens is 2. The molecule has 2 N–H and O–H groups in total. The Kier molecular flexibility index (Phi) is 5.71. The lowest BCUT2D eigenvalue weighted by molar-refractivity contribution is 0.0944. The number of nitrogens with zero attached hydrogens (tertiary/aromatic N) is 1. The molecule has 0 fully saturated rings. The predicted octanol–water partition coefficient (Wildman–Crippen LogP) is 1.88. The molecule has 6 heteroatoms. The zero-order valence-electron chi connectivity index (χ0n) is 12.5. The van der Waals surface area contributed by atoms with Crippen molar-refractivity contribution in [1.29, 1.82) is 0 Å². The molecule has 0 spiro atoms. The van der Waals surface area contributed by atoms with Gasteiger partial charge in [0.05, 0.1) is 6.61 Å². The smallest absolute Gasteiger partial charge is 0.271 e. The quantitative estimate of drug-likeness (QED) is 0.765. The van der Waals surface area contributed by atoms with Crippen molar-refractivity contribution in [1.82, 2.24) is 15.5 Å². The van der Waals surface area contributed by atoms with Crippen LogP contribution < -0.4 is 15.6 Å². The van der Waals surface area contributed by atoms with Crippen LogP contribution in [0.4, 0.5) is 0 Å². The Hall–Kier alpha value is -2.63. The molecule has 2 aromatic rings. The molecule has 22 heavy (non-hydrogen) atoms. The fraction of sp³-hybridized carbons (Fsp3) is 0.312. The third-order valence-corrected chi connectivity index (χ3v) is 3.03. The van der Waals surface area contributed by atoms with Crippen LogP contribution in [0, 0.1) is 0 Å². The van der Waals surface area contributed by atoms with E-state index in [0.29, 0.717) is 13.2 Å². The number of aromatic amines is 1. The van der Waals surface area contributed by atoms with Gasteiger partial charge in [0.2, 0.25) is 0 Å². The molecule has 1 amide bonds. The Balaban J connectivity index is 1.90. The fourth-order valence-corrected chi connectivity index (χ4v) is 1.82. The number of carbonyl (C=O) groups excluding carboxylic acids is 1. The van der Waals surface area contributed by atoms with Crippen molar-refractivity contribution in [2.75, 3.05) is 6.61 Å². The maximum Gasteiger partial charge on any atom is 0.271 e. The summed E-state index contributed by atoms with van der Waals surface area (Å²) in [6.07, 6.45) is 2.10. The van der Waals surface area contributed by atoms with Gasteiger partial charge in [-0.1, -0.05) is 25.5 Å². The van der Waals surface area contributed by atoms with E-state index in [1.807, 2.05) is 24.3 Å². The van der Waals surface area contributed by atoms with E-state index < -0.39 is 0 Å². The standard InChI is InChI=1S/C16H19N3O3/c1-2-3-9-22-13-6-4-5-12(10-13)11-17-16(21)14-7-8-15(20)19-18-14/h4-8,10H,2-3,9,11H2,1H3,(H,17,21)(H,19,20). The van der Waals surface area contributed by atoms with E-state index in [1.54, 1.807) is 0 Å². The second-order valence-electron chi connectivity index (χ2n) is 4.84. The van der Waals surface area contributed by atoms with Crippen molar-refractivity contribution in [2.24, 2.45) is 0 Å². The lowest BCUT2D eigenvalue weighted by Crippen LogP contribution is -2.25. The minimum atomic E-state index is -0.339. The molecule has 0 aliphatic rings. The molecule has 0 unspecified atom stereocenters. The van der Waals surface area contributed by atoms with Crippen LogP contribution >= 0.6 is 0 Å².